The number of aromatic amines is 2. The Labute approximate surface area is 292 Å². The van der Waals surface area contributed by atoms with Gasteiger partial charge in [0.05, 0.1) is 6.04 Å². The minimum atomic E-state index is -5.08. The van der Waals surface area contributed by atoms with Crippen molar-refractivity contribution in [2.24, 2.45) is 5.92 Å². The third-order valence-corrected chi connectivity index (χ3v) is 9.33. The number of hydrogen-bond acceptors (Lipinski definition) is 5. The second-order valence-corrected chi connectivity index (χ2v) is 12.6. The van der Waals surface area contributed by atoms with E-state index in [4.69, 9.17) is 20.1 Å². The molecule has 0 spiro atoms. The van der Waals surface area contributed by atoms with Crippen molar-refractivity contribution in [3.8, 4) is 5.69 Å². The van der Waals surface area contributed by atoms with Gasteiger partial charge in [-0.3, -0.25) is 9.36 Å². The molecule has 0 unspecified atom stereocenters. The van der Waals surface area contributed by atoms with Gasteiger partial charge in [-0.25, -0.2) is 4.79 Å². The number of piperidine rings is 1. The van der Waals surface area contributed by atoms with Gasteiger partial charge in [0.1, 0.15) is 5.82 Å². The summed E-state index contributed by atoms with van der Waals surface area (Å²) < 4.78 is 33.9. The number of halogens is 3. The molecule has 7 rings (SSSR count). The lowest BCUT2D eigenvalue weighted by molar-refractivity contribution is -0.192. The van der Waals surface area contributed by atoms with Crippen LogP contribution in [-0.2, 0) is 35.3 Å². The Morgan fingerprint density at radius 2 is 1.47 bits per heavy atom. The number of nitrogens with one attached hydrogen (secondary N) is 4. The average molecular weight is 700 g/mol. The number of hydrogen-bond donors (Lipinski definition) is 5. The molecule has 3 aromatic carbocycles. The first-order chi connectivity index (χ1) is 24.6. The number of aryl methyl sites for hydroxylation is 3. The van der Waals surface area contributed by atoms with E-state index in [1.165, 1.54) is 16.5 Å². The lowest BCUT2D eigenvalue weighted by Gasteiger charge is -2.26. The molecule has 0 radical (unpaired) electrons. The molecule has 6 aromatic rings. The van der Waals surface area contributed by atoms with Gasteiger partial charge in [0.25, 0.3) is 0 Å². The second kappa shape index (κ2) is 15.6. The van der Waals surface area contributed by atoms with Crippen LogP contribution in [0.5, 0.6) is 0 Å². The Morgan fingerprint density at radius 3 is 2.08 bits per heavy atom. The van der Waals surface area contributed by atoms with Crippen molar-refractivity contribution in [2.75, 3.05) is 13.1 Å². The predicted molar refractivity (Wildman–Crippen MR) is 189 cm³/mol. The fourth-order valence-electron chi connectivity index (χ4n) is 6.57. The van der Waals surface area contributed by atoms with Crippen LogP contribution in [0.1, 0.15) is 54.1 Å². The van der Waals surface area contributed by atoms with Crippen LogP contribution in [0, 0.1) is 5.92 Å². The SMILES string of the molecule is CCc1ccc(-n2c(CCc3c[nH]c4ccccc34)nnc2[C@@H](Cc2c[nH]c3ccccc23)NC(=O)C2CCNCC2)cc1.O=C(O)C(F)(F)F. The van der Waals surface area contributed by atoms with Crippen molar-refractivity contribution in [3.63, 3.8) is 0 Å². The summed E-state index contributed by atoms with van der Waals surface area (Å²) >= 11 is 0. The Hall–Kier alpha value is -5.43. The van der Waals surface area contributed by atoms with Crippen LogP contribution in [0.25, 0.3) is 27.5 Å². The standard InChI is InChI=1S/C36H39N7O.C2HF3O2/c1-2-24-11-14-28(15-12-24)43-34(16-13-26-22-38-31-9-5-3-7-29(26)31)41-42-35(43)33(40-36(44)25-17-19-37-20-18-25)21-27-23-39-32-10-6-4-8-30(27)32;3-2(4,5)1(6)7/h3-12,14-15,22-23,25,33,37-39H,2,13,16-21H2,1H3,(H,40,44);(H,6,7)/t33-;/m1./s1. The van der Waals surface area contributed by atoms with E-state index in [9.17, 15) is 18.0 Å². The topological polar surface area (TPSA) is 141 Å². The monoisotopic (exact) mass is 699 g/mol. The molecule has 1 amide bonds. The molecule has 10 nitrogen and oxygen atoms in total. The average Bonchev–Trinajstić information content (AvgIpc) is 3.88. The summed E-state index contributed by atoms with van der Waals surface area (Å²) in [4.78, 5) is 29.4. The molecule has 266 valence electrons. The van der Waals surface area contributed by atoms with E-state index < -0.39 is 12.1 Å². The quantitative estimate of drug-likeness (QED) is 0.109. The highest BCUT2D eigenvalue weighted by Gasteiger charge is 2.38. The third-order valence-electron chi connectivity index (χ3n) is 9.33. The van der Waals surface area contributed by atoms with Gasteiger partial charge in [0.15, 0.2) is 5.82 Å². The van der Waals surface area contributed by atoms with Crippen LogP contribution >= 0.6 is 0 Å². The number of aliphatic carboxylic acids is 1. The lowest BCUT2D eigenvalue weighted by atomic mass is 9.96. The number of aromatic nitrogens is 5. The molecule has 0 saturated carbocycles. The number of para-hydroxylation sites is 2. The summed E-state index contributed by atoms with van der Waals surface area (Å²) in [5.41, 5.74) is 6.91. The molecule has 1 atom stereocenters. The number of H-pyrrole nitrogens is 2. The smallest absolute Gasteiger partial charge is 0.475 e. The van der Waals surface area contributed by atoms with E-state index in [1.807, 2.05) is 6.07 Å². The Balaban J connectivity index is 0.000000582. The zero-order valence-electron chi connectivity index (χ0n) is 28.1. The number of carbonyl (C=O) groups excluding carboxylic acids is 1. The Morgan fingerprint density at radius 1 is 0.882 bits per heavy atom. The van der Waals surface area contributed by atoms with Gasteiger partial charge in [-0.1, -0.05) is 55.5 Å². The number of carboxylic acids is 1. The molecule has 1 aliphatic heterocycles. The second-order valence-electron chi connectivity index (χ2n) is 12.6. The van der Waals surface area contributed by atoms with E-state index >= 15 is 0 Å². The van der Waals surface area contributed by atoms with Gasteiger partial charge in [0.2, 0.25) is 5.91 Å². The molecular weight excluding hydrogens is 659 g/mol. The maximum absolute atomic E-state index is 13.7. The first-order valence-electron chi connectivity index (χ1n) is 17.1. The number of benzene rings is 3. The molecule has 1 fully saturated rings. The van der Waals surface area contributed by atoms with Crippen molar-refractivity contribution in [2.45, 2.75) is 57.7 Å². The van der Waals surface area contributed by atoms with Crippen molar-refractivity contribution in [3.05, 3.63) is 114 Å². The number of nitrogens with zero attached hydrogens (tertiary/aromatic N) is 3. The first kappa shape index (κ1) is 35.4. The zero-order valence-corrected chi connectivity index (χ0v) is 28.1. The van der Waals surface area contributed by atoms with Crippen LogP contribution in [0.4, 0.5) is 13.2 Å². The molecule has 1 aliphatic rings. The van der Waals surface area contributed by atoms with Crippen molar-refractivity contribution in [1.82, 2.24) is 35.4 Å². The van der Waals surface area contributed by atoms with Gasteiger partial charge >= 0.3 is 12.1 Å². The Kier molecular flexibility index (Phi) is 10.8. The molecular formula is C38H40F3N7O3. The maximum Gasteiger partial charge on any atom is 0.490 e. The minimum absolute atomic E-state index is 0.0109. The third kappa shape index (κ3) is 8.31. The van der Waals surface area contributed by atoms with Gasteiger partial charge in [-0.05, 0) is 79.7 Å². The van der Waals surface area contributed by atoms with Crippen molar-refractivity contribution in [1.29, 1.82) is 0 Å². The fourth-order valence-corrected chi connectivity index (χ4v) is 6.57. The number of carboxylic acid groups (broad SMARTS) is 1. The van der Waals surface area contributed by atoms with Crippen LogP contribution in [0.15, 0.2) is 85.2 Å². The van der Waals surface area contributed by atoms with E-state index in [0.29, 0.717) is 12.8 Å². The maximum atomic E-state index is 13.7. The summed E-state index contributed by atoms with van der Waals surface area (Å²) in [6.45, 7) is 3.89. The molecule has 4 heterocycles. The number of carbonyl (C=O) groups is 2. The highest BCUT2D eigenvalue weighted by atomic mass is 19.4. The van der Waals surface area contributed by atoms with Gasteiger partial charge < -0.3 is 25.7 Å². The molecule has 1 saturated heterocycles. The number of alkyl halides is 3. The minimum Gasteiger partial charge on any atom is -0.475 e. The number of fused-ring (bicyclic) bond motifs is 2. The summed E-state index contributed by atoms with van der Waals surface area (Å²) in [7, 11) is 0. The highest BCUT2D eigenvalue weighted by Crippen LogP contribution is 2.28. The fraction of sp³-hybridized carbons (Fsp3) is 0.316. The zero-order chi connectivity index (χ0) is 36.0. The number of rotatable bonds is 10. The van der Waals surface area contributed by atoms with Gasteiger partial charge in [0, 0.05) is 58.6 Å². The van der Waals surface area contributed by atoms with Crippen LogP contribution < -0.4 is 10.6 Å². The molecule has 3 aromatic heterocycles. The number of amides is 1. The van der Waals surface area contributed by atoms with Crippen LogP contribution in [0.3, 0.4) is 0 Å². The molecule has 13 heteroatoms. The summed E-state index contributed by atoms with van der Waals surface area (Å²) in [5.74, 6) is -1.03. The van der Waals surface area contributed by atoms with E-state index in [2.05, 4.69) is 111 Å². The summed E-state index contributed by atoms with van der Waals surface area (Å²) in [5, 5.41) is 25.9. The summed E-state index contributed by atoms with van der Waals surface area (Å²) in [6, 6.07) is 25.0. The largest absolute Gasteiger partial charge is 0.490 e. The normalized spacial score (nSPS) is 14.3. The molecule has 51 heavy (non-hydrogen) atoms. The molecule has 0 bridgehead atoms. The molecule has 5 N–H and O–H groups in total. The summed E-state index contributed by atoms with van der Waals surface area (Å²) in [6.07, 6.45) is 3.87. The van der Waals surface area contributed by atoms with Crippen molar-refractivity contribution < 1.29 is 27.9 Å². The van der Waals surface area contributed by atoms with Gasteiger partial charge in [-0.15, -0.1) is 10.2 Å². The van der Waals surface area contributed by atoms with Crippen molar-refractivity contribution >= 4 is 33.7 Å². The predicted octanol–water partition coefficient (Wildman–Crippen LogP) is 6.61. The molecule has 0 aliphatic carbocycles. The lowest BCUT2D eigenvalue weighted by Crippen LogP contribution is -2.40. The Bertz CT molecular complexity index is 2090. The van der Waals surface area contributed by atoms with E-state index in [-0.39, 0.29) is 17.9 Å². The van der Waals surface area contributed by atoms with Crippen LogP contribution in [-0.4, -0.2) is 61.0 Å². The highest BCUT2D eigenvalue weighted by molar-refractivity contribution is 5.84. The van der Waals surface area contributed by atoms with Gasteiger partial charge in [-0.2, -0.15) is 13.2 Å². The van der Waals surface area contributed by atoms with E-state index in [1.54, 1.807) is 0 Å². The van der Waals surface area contributed by atoms with E-state index in [0.717, 1.165) is 78.1 Å². The van der Waals surface area contributed by atoms with Crippen LogP contribution in [0.2, 0.25) is 0 Å². The first-order valence-corrected chi connectivity index (χ1v) is 17.1.